The number of rotatable bonds is 2. The molecule has 1 N–H and O–H groups in total. The standard InChI is InChI=1S/C16H18ClNO3/c17-13-6-2-1-4-12(13)15(19)18-9-8-11(16(20)21)10-5-3-7-14(10)18/h1-2,4,6,10-11,14H,3,5,7-9H2,(H,20,21). The Kier molecular flexibility index (Phi) is 3.89. The van der Waals surface area contributed by atoms with Crippen molar-refractivity contribution < 1.29 is 14.7 Å². The monoisotopic (exact) mass is 307 g/mol. The predicted molar refractivity (Wildman–Crippen MR) is 79.4 cm³/mol. The average Bonchev–Trinajstić information content (AvgIpc) is 2.95. The normalized spacial score (nSPS) is 28.2. The van der Waals surface area contributed by atoms with Crippen LogP contribution in [-0.4, -0.2) is 34.5 Å². The average molecular weight is 308 g/mol. The molecule has 3 atom stereocenters. The van der Waals surface area contributed by atoms with Gasteiger partial charge in [0.05, 0.1) is 16.5 Å². The van der Waals surface area contributed by atoms with Gasteiger partial charge in [0, 0.05) is 12.6 Å². The van der Waals surface area contributed by atoms with Gasteiger partial charge in [0.25, 0.3) is 5.91 Å². The minimum atomic E-state index is -0.725. The summed E-state index contributed by atoms with van der Waals surface area (Å²) in [6.45, 7) is 0.502. The predicted octanol–water partition coefficient (Wildman–Crippen LogP) is 3.06. The lowest BCUT2D eigenvalue weighted by Gasteiger charge is -2.41. The molecule has 2 fully saturated rings. The Morgan fingerprint density at radius 2 is 1.95 bits per heavy atom. The maximum absolute atomic E-state index is 12.7. The summed E-state index contributed by atoms with van der Waals surface area (Å²) in [6.07, 6.45) is 3.32. The van der Waals surface area contributed by atoms with Gasteiger partial charge in [-0.3, -0.25) is 9.59 Å². The number of carbonyl (C=O) groups excluding carboxylic acids is 1. The summed E-state index contributed by atoms with van der Waals surface area (Å²) in [5.41, 5.74) is 0.513. The van der Waals surface area contributed by atoms with Gasteiger partial charge in [-0.05, 0) is 37.3 Å². The van der Waals surface area contributed by atoms with Gasteiger partial charge in [-0.2, -0.15) is 0 Å². The van der Waals surface area contributed by atoms with Gasteiger partial charge in [-0.1, -0.05) is 30.2 Å². The van der Waals surface area contributed by atoms with Crippen LogP contribution in [0.4, 0.5) is 0 Å². The molecule has 0 bridgehead atoms. The first-order valence-corrected chi connectivity index (χ1v) is 7.75. The molecule has 1 aliphatic carbocycles. The Balaban J connectivity index is 1.85. The van der Waals surface area contributed by atoms with E-state index in [1.807, 2.05) is 4.90 Å². The van der Waals surface area contributed by atoms with Gasteiger partial charge in [-0.25, -0.2) is 0 Å². The first-order chi connectivity index (χ1) is 10.1. The molecule has 3 unspecified atom stereocenters. The molecule has 4 nitrogen and oxygen atoms in total. The third kappa shape index (κ3) is 2.53. The second-order valence-electron chi connectivity index (χ2n) is 5.87. The molecule has 1 aromatic rings. The third-order valence-corrected chi connectivity index (χ3v) is 5.14. The maximum Gasteiger partial charge on any atom is 0.306 e. The van der Waals surface area contributed by atoms with Gasteiger partial charge in [0.2, 0.25) is 0 Å². The minimum Gasteiger partial charge on any atom is -0.481 e. The Morgan fingerprint density at radius 3 is 2.67 bits per heavy atom. The number of carboxylic acid groups (broad SMARTS) is 1. The highest BCUT2D eigenvalue weighted by Gasteiger charge is 2.45. The van der Waals surface area contributed by atoms with Crippen molar-refractivity contribution in [1.29, 1.82) is 0 Å². The molecule has 1 amide bonds. The number of carbonyl (C=O) groups is 2. The van der Waals surface area contributed by atoms with E-state index in [2.05, 4.69) is 0 Å². The van der Waals surface area contributed by atoms with Crippen LogP contribution >= 0.6 is 11.6 Å². The fourth-order valence-corrected chi connectivity index (χ4v) is 4.05. The Labute approximate surface area is 128 Å². The highest BCUT2D eigenvalue weighted by molar-refractivity contribution is 6.33. The molecule has 0 spiro atoms. The highest BCUT2D eigenvalue weighted by Crippen LogP contribution is 2.41. The summed E-state index contributed by atoms with van der Waals surface area (Å²) in [5.74, 6) is -1.02. The fraction of sp³-hybridized carbons (Fsp3) is 0.500. The number of hydrogen-bond acceptors (Lipinski definition) is 2. The van der Waals surface area contributed by atoms with E-state index in [1.165, 1.54) is 0 Å². The van der Waals surface area contributed by atoms with Crippen LogP contribution in [0.25, 0.3) is 0 Å². The number of aliphatic carboxylic acids is 1. The molecule has 1 aliphatic heterocycles. The van der Waals surface area contributed by atoms with Crippen LogP contribution in [0.5, 0.6) is 0 Å². The summed E-state index contributed by atoms with van der Waals surface area (Å²) in [4.78, 5) is 26.0. The molecular weight excluding hydrogens is 290 g/mol. The molecule has 21 heavy (non-hydrogen) atoms. The van der Waals surface area contributed by atoms with Crippen LogP contribution in [0.3, 0.4) is 0 Å². The molecule has 0 radical (unpaired) electrons. The molecule has 5 heteroatoms. The van der Waals surface area contributed by atoms with E-state index in [-0.39, 0.29) is 23.8 Å². The van der Waals surface area contributed by atoms with Crippen molar-refractivity contribution in [2.75, 3.05) is 6.54 Å². The van der Waals surface area contributed by atoms with E-state index in [0.717, 1.165) is 19.3 Å². The van der Waals surface area contributed by atoms with Crippen molar-refractivity contribution in [2.24, 2.45) is 11.8 Å². The van der Waals surface area contributed by atoms with E-state index in [1.54, 1.807) is 24.3 Å². The van der Waals surface area contributed by atoms with E-state index in [4.69, 9.17) is 11.6 Å². The molecule has 3 rings (SSSR count). The van der Waals surface area contributed by atoms with Gasteiger partial charge in [0.1, 0.15) is 0 Å². The second kappa shape index (κ2) is 5.68. The lowest BCUT2D eigenvalue weighted by Crippen LogP contribution is -2.51. The first-order valence-electron chi connectivity index (χ1n) is 7.38. The molecular formula is C16H18ClNO3. The lowest BCUT2D eigenvalue weighted by atomic mass is 9.81. The van der Waals surface area contributed by atoms with Crippen LogP contribution in [0.2, 0.25) is 5.02 Å². The number of benzene rings is 1. The molecule has 1 saturated heterocycles. The van der Waals surface area contributed by atoms with Gasteiger partial charge < -0.3 is 10.0 Å². The summed E-state index contributed by atoms with van der Waals surface area (Å²) in [6, 6.07) is 7.09. The molecule has 1 aromatic carbocycles. The van der Waals surface area contributed by atoms with E-state index in [0.29, 0.717) is 23.6 Å². The van der Waals surface area contributed by atoms with Crippen molar-refractivity contribution in [3.8, 4) is 0 Å². The summed E-state index contributed by atoms with van der Waals surface area (Å²) < 4.78 is 0. The van der Waals surface area contributed by atoms with Crippen molar-refractivity contribution in [3.63, 3.8) is 0 Å². The Hall–Kier alpha value is -1.55. The topological polar surface area (TPSA) is 57.6 Å². The van der Waals surface area contributed by atoms with Gasteiger partial charge in [0.15, 0.2) is 0 Å². The zero-order valence-electron chi connectivity index (χ0n) is 11.7. The van der Waals surface area contributed by atoms with Gasteiger partial charge >= 0.3 is 5.97 Å². The van der Waals surface area contributed by atoms with Crippen molar-refractivity contribution in [3.05, 3.63) is 34.9 Å². The summed E-state index contributed by atoms with van der Waals surface area (Å²) in [5, 5.41) is 9.80. The number of piperidine rings is 1. The molecule has 2 aliphatic rings. The van der Waals surface area contributed by atoms with Crippen LogP contribution in [0, 0.1) is 11.8 Å². The SMILES string of the molecule is O=C(O)C1CCN(C(=O)c2ccccc2Cl)C2CCCC12. The number of nitrogens with zero attached hydrogens (tertiary/aromatic N) is 1. The van der Waals surface area contributed by atoms with E-state index >= 15 is 0 Å². The smallest absolute Gasteiger partial charge is 0.306 e. The third-order valence-electron chi connectivity index (χ3n) is 4.81. The van der Waals surface area contributed by atoms with E-state index < -0.39 is 5.97 Å². The maximum atomic E-state index is 12.7. The van der Waals surface area contributed by atoms with Crippen molar-refractivity contribution >= 4 is 23.5 Å². The molecule has 112 valence electrons. The van der Waals surface area contributed by atoms with Crippen LogP contribution in [-0.2, 0) is 4.79 Å². The largest absolute Gasteiger partial charge is 0.481 e. The van der Waals surface area contributed by atoms with Crippen molar-refractivity contribution in [2.45, 2.75) is 31.7 Å². The minimum absolute atomic E-state index is 0.0450. The second-order valence-corrected chi connectivity index (χ2v) is 6.28. The number of carboxylic acids is 1. The van der Waals surface area contributed by atoms with Crippen molar-refractivity contribution in [1.82, 2.24) is 4.90 Å². The van der Waals surface area contributed by atoms with E-state index in [9.17, 15) is 14.7 Å². The zero-order valence-corrected chi connectivity index (χ0v) is 12.4. The molecule has 1 heterocycles. The highest BCUT2D eigenvalue weighted by atomic mass is 35.5. The number of amides is 1. The number of hydrogen-bond donors (Lipinski definition) is 1. The Morgan fingerprint density at radius 1 is 1.19 bits per heavy atom. The fourth-order valence-electron chi connectivity index (χ4n) is 3.83. The number of fused-ring (bicyclic) bond motifs is 1. The van der Waals surface area contributed by atoms with Crippen LogP contribution in [0.15, 0.2) is 24.3 Å². The molecule has 1 saturated carbocycles. The lowest BCUT2D eigenvalue weighted by molar-refractivity contribution is -0.146. The van der Waals surface area contributed by atoms with Crippen LogP contribution in [0.1, 0.15) is 36.0 Å². The number of likely N-dealkylation sites (tertiary alicyclic amines) is 1. The zero-order chi connectivity index (χ0) is 15.0. The first kappa shape index (κ1) is 14.4. The summed E-state index contributed by atoms with van der Waals surface area (Å²) in [7, 11) is 0. The quantitative estimate of drug-likeness (QED) is 0.913. The Bertz CT molecular complexity index is 574. The molecule has 0 aromatic heterocycles. The summed E-state index contributed by atoms with van der Waals surface area (Å²) >= 11 is 6.12. The van der Waals surface area contributed by atoms with Crippen LogP contribution < -0.4 is 0 Å². The van der Waals surface area contributed by atoms with Gasteiger partial charge in [-0.15, -0.1) is 0 Å². The number of halogens is 1.